The molecule has 22 heavy (non-hydrogen) atoms. The van der Waals surface area contributed by atoms with Crippen LogP contribution in [0.4, 0.5) is 0 Å². The van der Waals surface area contributed by atoms with Crippen LogP contribution in [-0.4, -0.2) is 45.2 Å². The molecule has 1 aliphatic heterocycles. The summed E-state index contributed by atoms with van der Waals surface area (Å²) in [4.78, 5) is 18.3. The summed E-state index contributed by atoms with van der Waals surface area (Å²) in [6.45, 7) is 3.02. The summed E-state index contributed by atoms with van der Waals surface area (Å²) >= 11 is 0. The van der Waals surface area contributed by atoms with Crippen molar-refractivity contribution < 1.29 is 4.79 Å². The first-order valence-electron chi connectivity index (χ1n) is 7.71. The number of carbonyl (C=O) groups is 1. The van der Waals surface area contributed by atoms with Gasteiger partial charge in [-0.3, -0.25) is 9.69 Å². The smallest absolute Gasteiger partial charge is 0.241 e. The second kappa shape index (κ2) is 7.17. The zero-order valence-electron chi connectivity index (χ0n) is 12.6. The van der Waals surface area contributed by atoms with E-state index in [0.29, 0.717) is 6.54 Å². The number of hydrogen-bond acceptors (Lipinski definition) is 4. The van der Waals surface area contributed by atoms with Gasteiger partial charge in [0.2, 0.25) is 5.91 Å². The molecular weight excluding hydrogens is 278 g/mol. The second-order valence-corrected chi connectivity index (χ2v) is 5.57. The molecule has 3 rings (SSSR count). The van der Waals surface area contributed by atoms with Crippen molar-refractivity contribution in [3.63, 3.8) is 0 Å². The lowest BCUT2D eigenvalue weighted by Gasteiger charge is -2.28. The third-order valence-corrected chi connectivity index (χ3v) is 4.03. The van der Waals surface area contributed by atoms with Gasteiger partial charge in [-0.05, 0) is 31.5 Å². The van der Waals surface area contributed by atoms with Crippen LogP contribution in [0.3, 0.4) is 0 Å². The standard InChI is InChI=1S/C16H21N5O/c22-16(11-21-13-17-12-19-21)18-10-15(20-8-4-5-9-20)14-6-2-1-3-7-14/h1-3,6-7,12-13,15H,4-5,8-11H2,(H,18,22). The molecule has 1 aromatic carbocycles. The van der Waals surface area contributed by atoms with E-state index in [4.69, 9.17) is 0 Å². The summed E-state index contributed by atoms with van der Waals surface area (Å²) in [7, 11) is 0. The number of amides is 1. The molecule has 1 fully saturated rings. The van der Waals surface area contributed by atoms with Crippen LogP contribution in [-0.2, 0) is 11.3 Å². The van der Waals surface area contributed by atoms with Gasteiger partial charge in [0.15, 0.2) is 0 Å². The minimum absolute atomic E-state index is 0.0365. The molecule has 0 bridgehead atoms. The first-order chi connectivity index (χ1) is 10.8. The molecular formula is C16H21N5O. The highest BCUT2D eigenvalue weighted by atomic mass is 16.2. The van der Waals surface area contributed by atoms with E-state index in [2.05, 4.69) is 44.6 Å². The maximum atomic E-state index is 12.0. The van der Waals surface area contributed by atoms with Crippen molar-refractivity contribution in [2.45, 2.75) is 25.4 Å². The first-order valence-corrected chi connectivity index (χ1v) is 7.71. The van der Waals surface area contributed by atoms with Crippen molar-refractivity contribution >= 4 is 5.91 Å². The highest BCUT2D eigenvalue weighted by Crippen LogP contribution is 2.24. The van der Waals surface area contributed by atoms with Crippen LogP contribution >= 0.6 is 0 Å². The molecule has 1 unspecified atom stereocenters. The van der Waals surface area contributed by atoms with Crippen molar-refractivity contribution in [3.05, 3.63) is 48.5 Å². The summed E-state index contributed by atoms with van der Waals surface area (Å²) in [5, 5.41) is 6.98. The Morgan fingerprint density at radius 3 is 2.68 bits per heavy atom. The fourth-order valence-electron chi connectivity index (χ4n) is 2.91. The SMILES string of the molecule is O=C(Cn1cncn1)NCC(c1ccccc1)N1CCCC1. The van der Waals surface area contributed by atoms with Crippen molar-refractivity contribution in [3.8, 4) is 0 Å². The summed E-state index contributed by atoms with van der Waals surface area (Å²) < 4.78 is 1.53. The van der Waals surface area contributed by atoms with E-state index in [-0.39, 0.29) is 18.5 Å². The van der Waals surface area contributed by atoms with Crippen LogP contribution in [0.25, 0.3) is 0 Å². The summed E-state index contributed by atoms with van der Waals surface area (Å²) in [6, 6.07) is 10.6. The van der Waals surface area contributed by atoms with Crippen LogP contribution in [0.1, 0.15) is 24.4 Å². The summed E-state index contributed by atoms with van der Waals surface area (Å²) in [5.74, 6) is -0.0365. The Morgan fingerprint density at radius 1 is 1.23 bits per heavy atom. The zero-order chi connectivity index (χ0) is 15.2. The Labute approximate surface area is 130 Å². The Bertz CT molecular complexity index is 578. The van der Waals surface area contributed by atoms with Gasteiger partial charge in [-0.15, -0.1) is 0 Å². The Kier molecular flexibility index (Phi) is 4.80. The van der Waals surface area contributed by atoms with Crippen LogP contribution in [0.15, 0.2) is 43.0 Å². The fourth-order valence-corrected chi connectivity index (χ4v) is 2.91. The molecule has 1 atom stereocenters. The van der Waals surface area contributed by atoms with Gasteiger partial charge < -0.3 is 5.32 Å². The van der Waals surface area contributed by atoms with Crippen molar-refractivity contribution in [2.75, 3.05) is 19.6 Å². The van der Waals surface area contributed by atoms with Crippen molar-refractivity contribution in [1.29, 1.82) is 0 Å². The van der Waals surface area contributed by atoms with E-state index >= 15 is 0 Å². The van der Waals surface area contributed by atoms with Gasteiger partial charge >= 0.3 is 0 Å². The van der Waals surface area contributed by atoms with E-state index in [0.717, 1.165) is 13.1 Å². The van der Waals surface area contributed by atoms with Gasteiger partial charge in [0.05, 0.1) is 6.04 Å². The number of nitrogens with zero attached hydrogens (tertiary/aromatic N) is 4. The molecule has 116 valence electrons. The molecule has 0 radical (unpaired) electrons. The quantitative estimate of drug-likeness (QED) is 0.871. The molecule has 0 spiro atoms. The van der Waals surface area contributed by atoms with Crippen molar-refractivity contribution in [1.82, 2.24) is 25.0 Å². The lowest BCUT2D eigenvalue weighted by Crippen LogP contribution is -2.38. The van der Waals surface area contributed by atoms with Gasteiger partial charge in [0.25, 0.3) is 0 Å². The highest BCUT2D eigenvalue weighted by Gasteiger charge is 2.23. The Hall–Kier alpha value is -2.21. The number of hydrogen-bond donors (Lipinski definition) is 1. The van der Waals surface area contributed by atoms with Gasteiger partial charge in [-0.2, -0.15) is 5.10 Å². The monoisotopic (exact) mass is 299 g/mol. The molecule has 1 saturated heterocycles. The lowest BCUT2D eigenvalue weighted by atomic mass is 10.1. The number of aromatic nitrogens is 3. The van der Waals surface area contributed by atoms with E-state index in [9.17, 15) is 4.79 Å². The largest absolute Gasteiger partial charge is 0.353 e. The van der Waals surface area contributed by atoms with Crippen LogP contribution in [0.5, 0.6) is 0 Å². The van der Waals surface area contributed by atoms with Gasteiger partial charge in [0.1, 0.15) is 19.2 Å². The van der Waals surface area contributed by atoms with E-state index in [1.165, 1.54) is 29.4 Å². The molecule has 1 aliphatic rings. The maximum absolute atomic E-state index is 12.0. The number of benzene rings is 1. The zero-order valence-corrected chi connectivity index (χ0v) is 12.6. The van der Waals surface area contributed by atoms with Crippen LogP contribution in [0, 0.1) is 0 Å². The van der Waals surface area contributed by atoms with Crippen LogP contribution < -0.4 is 5.32 Å². The molecule has 6 heteroatoms. The fraction of sp³-hybridized carbons (Fsp3) is 0.438. The topological polar surface area (TPSA) is 63.1 Å². The Balaban J connectivity index is 1.61. The highest BCUT2D eigenvalue weighted by molar-refractivity contribution is 5.75. The third-order valence-electron chi connectivity index (χ3n) is 4.03. The molecule has 2 heterocycles. The molecule has 0 aliphatic carbocycles. The van der Waals surface area contributed by atoms with Gasteiger partial charge in [-0.25, -0.2) is 9.67 Å². The predicted octanol–water partition coefficient (Wildman–Crippen LogP) is 1.23. The minimum atomic E-state index is -0.0365. The van der Waals surface area contributed by atoms with E-state index in [1.807, 2.05) is 6.07 Å². The second-order valence-electron chi connectivity index (χ2n) is 5.57. The lowest BCUT2D eigenvalue weighted by molar-refractivity contribution is -0.122. The average molecular weight is 299 g/mol. The van der Waals surface area contributed by atoms with Gasteiger partial charge in [0, 0.05) is 6.54 Å². The van der Waals surface area contributed by atoms with Crippen molar-refractivity contribution in [2.24, 2.45) is 0 Å². The van der Waals surface area contributed by atoms with Gasteiger partial charge in [-0.1, -0.05) is 30.3 Å². The predicted molar refractivity (Wildman–Crippen MR) is 83.0 cm³/mol. The summed E-state index contributed by atoms with van der Waals surface area (Å²) in [6.07, 6.45) is 5.45. The Morgan fingerprint density at radius 2 is 2.00 bits per heavy atom. The molecule has 1 amide bonds. The third kappa shape index (κ3) is 3.71. The van der Waals surface area contributed by atoms with E-state index < -0.39 is 0 Å². The molecule has 6 nitrogen and oxygen atoms in total. The summed E-state index contributed by atoms with van der Waals surface area (Å²) in [5.41, 5.74) is 1.26. The number of rotatable bonds is 6. The molecule has 1 N–H and O–H groups in total. The molecule has 2 aromatic rings. The molecule has 1 aromatic heterocycles. The molecule has 0 saturated carbocycles. The first kappa shape index (κ1) is 14.7. The van der Waals surface area contributed by atoms with Crippen LogP contribution in [0.2, 0.25) is 0 Å². The average Bonchev–Trinajstić information content (AvgIpc) is 3.22. The van der Waals surface area contributed by atoms with E-state index in [1.54, 1.807) is 6.33 Å². The number of likely N-dealkylation sites (tertiary alicyclic amines) is 1. The normalized spacial score (nSPS) is 16.5. The maximum Gasteiger partial charge on any atom is 0.241 e. The number of carbonyl (C=O) groups excluding carboxylic acids is 1. The number of nitrogens with one attached hydrogen (secondary N) is 1. The minimum Gasteiger partial charge on any atom is -0.353 e.